The molecule has 0 radical (unpaired) electrons. The van der Waals surface area contributed by atoms with Crippen LogP contribution in [0.5, 0.6) is 11.5 Å². The predicted molar refractivity (Wildman–Crippen MR) is 113 cm³/mol. The molecule has 1 heterocycles. The fraction of sp³-hybridized carbons (Fsp3) is 0.429. The Hall–Kier alpha value is -3.20. The van der Waals surface area contributed by atoms with Gasteiger partial charge in [-0.3, -0.25) is 9.59 Å². The second kappa shape index (κ2) is 12.4. The van der Waals surface area contributed by atoms with Gasteiger partial charge in [0.2, 0.25) is 5.91 Å². The Morgan fingerprint density at radius 1 is 1.23 bits per heavy atom. The number of amides is 1. The number of nitrogens with zero attached hydrogens (tertiary/aromatic N) is 2. The Labute approximate surface area is 175 Å². The van der Waals surface area contributed by atoms with Gasteiger partial charge < -0.3 is 24.5 Å². The van der Waals surface area contributed by atoms with E-state index in [1.165, 1.54) is 7.11 Å². The van der Waals surface area contributed by atoms with E-state index in [1.54, 1.807) is 31.4 Å². The van der Waals surface area contributed by atoms with Crippen LogP contribution in [0.15, 0.2) is 35.6 Å². The van der Waals surface area contributed by atoms with E-state index in [4.69, 9.17) is 14.2 Å². The molecule has 0 aliphatic heterocycles. The van der Waals surface area contributed by atoms with Crippen LogP contribution in [0.1, 0.15) is 25.0 Å². The van der Waals surface area contributed by atoms with Crippen LogP contribution in [0.25, 0.3) is 11.4 Å². The fourth-order valence-electron chi connectivity index (χ4n) is 2.60. The van der Waals surface area contributed by atoms with Crippen LogP contribution >= 0.6 is 0 Å². The average molecular weight is 416 g/mol. The third-order valence-corrected chi connectivity index (χ3v) is 4.22. The maximum absolute atomic E-state index is 12.3. The number of methoxy groups -OCH3 is 2. The molecule has 0 unspecified atom stereocenters. The van der Waals surface area contributed by atoms with Crippen LogP contribution in [-0.4, -0.2) is 55.1 Å². The van der Waals surface area contributed by atoms with Crippen molar-refractivity contribution in [3.05, 3.63) is 46.9 Å². The zero-order chi connectivity index (χ0) is 21.8. The van der Waals surface area contributed by atoms with Crippen molar-refractivity contribution in [3.8, 4) is 22.9 Å². The van der Waals surface area contributed by atoms with Gasteiger partial charge in [-0.05, 0) is 31.0 Å². The standard InChI is InChI=1S/C21H28N4O5/c1-4-5-13-30-17-9-7-15(14-18(17)29-3)20-23-21(27)16(24-25-20)8-10-19(26)22-11-6-12-28-2/h4,7,9,14H,1,5-6,8,10-13H2,2-3H3,(H,22,26)(H,23,25,27). The van der Waals surface area contributed by atoms with Crippen molar-refractivity contribution in [2.75, 3.05) is 34.0 Å². The molecule has 0 aliphatic rings. The summed E-state index contributed by atoms with van der Waals surface area (Å²) in [6.45, 7) is 5.26. The van der Waals surface area contributed by atoms with E-state index in [-0.39, 0.29) is 30.0 Å². The summed E-state index contributed by atoms with van der Waals surface area (Å²) in [6.07, 6.45) is 3.59. The minimum atomic E-state index is -0.377. The molecule has 1 aromatic carbocycles. The summed E-state index contributed by atoms with van der Waals surface area (Å²) >= 11 is 0. The number of aryl methyl sites for hydroxylation is 1. The third-order valence-electron chi connectivity index (χ3n) is 4.22. The van der Waals surface area contributed by atoms with Gasteiger partial charge >= 0.3 is 0 Å². The number of nitrogens with one attached hydrogen (secondary N) is 2. The van der Waals surface area contributed by atoms with Gasteiger partial charge in [0, 0.05) is 38.7 Å². The first-order chi connectivity index (χ1) is 14.6. The fourth-order valence-corrected chi connectivity index (χ4v) is 2.60. The van der Waals surface area contributed by atoms with Crippen LogP contribution < -0.4 is 20.3 Å². The van der Waals surface area contributed by atoms with Gasteiger partial charge in [-0.1, -0.05) is 6.08 Å². The van der Waals surface area contributed by atoms with Gasteiger partial charge in [0.05, 0.1) is 13.7 Å². The highest BCUT2D eigenvalue weighted by atomic mass is 16.5. The van der Waals surface area contributed by atoms with Crippen molar-refractivity contribution in [1.29, 1.82) is 0 Å². The average Bonchev–Trinajstić information content (AvgIpc) is 2.76. The number of H-pyrrole nitrogens is 1. The minimum absolute atomic E-state index is 0.145. The Morgan fingerprint density at radius 2 is 2.07 bits per heavy atom. The van der Waals surface area contributed by atoms with Crippen molar-refractivity contribution < 1.29 is 19.0 Å². The summed E-state index contributed by atoms with van der Waals surface area (Å²) < 4.78 is 15.9. The Bertz CT molecular complexity index is 897. The summed E-state index contributed by atoms with van der Waals surface area (Å²) in [5.41, 5.74) is 0.467. The molecule has 2 aromatic rings. The summed E-state index contributed by atoms with van der Waals surface area (Å²) in [7, 11) is 3.15. The number of rotatable bonds is 13. The van der Waals surface area contributed by atoms with Crippen LogP contribution in [0, 0.1) is 0 Å². The number of carbonyl (C=O) groups is 1. The van der Waals surface area contributed by atoms with Crippen LogP contribution in [0.3, 0.4) is 0 Å². The minimum Gasteiger partial charge on any atom is -0.493 e. The van der Waals surface area contributed by atoms with Crippen LogP contribution in [0.4, 0.5) is 0 Å². The first-order valence-corrected chi connectivity index (χ1v) is 9.72. The van der Waals surface area contributed by atoms with Gasteiger partial charge in [-0.25, -0.2) is 0 Å². The molecule has 1 amide bonds. The van der Waals surface area contributed by atoms with E-state index in [2.05, 4.69) is 27.1 Å². The molecule has 2 N–H and O–H groups in total. The molecule has 0 aliphatic carbocycles. The van der Waals surface area contributed by atoms with E-state index in [0.717, 1.165) is 12.8 Å². The number of hydrogen-bond acceptors (Lipinski definition) is 7. The molecule has 9 heteroatoms. The van der Waals surface area contributed by atoms with Crippen molar-refractivity contribution >= 4 is 5.91 Å². The third kappa shape index (κ3) is 7.00. The summed E-state index contributed by atoms with van der Waals surface area (Å²) in [5, 5.41) is 10.9. The lowest BCUT2D eigenvalue weighted by atomic mass is 10.2. The Kier molecular flexibility index (Phi) is 9.53. The van der Waals surface area contributed by atoms with Gasteiger partial charge in [-0.15, -0.1) is 16.8 Å². The Morgan fingerprint density at radius 3 is 2.77 bits per heavy atom. The molecule has 0 saturated carbocycles. The number of aromatic amines is 1. The summed E-state index contributed by atoms with van der Waals surface area (Å²) in [5.74, 6) is 1.27. The zero-order valence-corrected chi connectivity index (χ0v) is 17.4. The molecule has 162 valence electrons. The number of benzene rings is 1. The quantitative estimate of drug-likeness (QED) is 0.378. The normalized spacial score (nSPS) is 10.5. The van der Waals surface area contributed by atoms with Crippen LogP contribution in [0.2, 0.25) is 0 Å². The number of aromatic nitrogens is 3. The maximum atomic E-state index is 12.3. The highest BCUT2D eigenvalue weighted by Crippen LogP contribution is 2.31. The first kappa shape index (κ1) is 23.1. The lowest BCUT2D eigenvalue weighted by molar-refractivity contribution is -0.121. The summed E-state index contributed by atoms with van der Waals surface area (Å²) in [4.78, 5) is 26.9. The second-order valence-electron chi connectivity index (χ2n) is 6.44. The molecular formula is C21H28N4O5. The molecule has 0 spiro atoms. The number of ether oxygens (including phenoxy) is 3. The zero-order valence-electron chi connectivity index (χ0n) is 17.4. The first-order valence-electron chi connectivity index (χ1n) is 9.72. The molecule has 0 fully saturated rings. The van der Waals surface area contributed by atoms with Gasteiger partial charge in [0.15, 0.2) is 17.3 Å². The van der Waals surface area contributed by atoms with E-state index in [1.807, 2.05) is 0 Å². The predicted octanol–water partition coefficient (Wildman–Crippen LogP) is 1.88. The number of carbonyl (C=O) groups excluding carboxylic acids is 1. The molecule has 0 saturated heterocycles. The number of hydrogen-bond donors (Lipinski definition) is 2. The highest BCUT2D eigenvalue weighted by molar-refractivity contribution is 5.76. The van der Waals surface area contributed by atoms with Gasteiger partial charge in [0.25, 0.3) is 5.56 Å². The largest absolute Gasteiger partial charge is 0.493 e. The highest BCUT2D eigenvalue weighted by Gasteiger charge is 2.12. The molecule has 30 heavy (non-hydrogen) atoms. The second-order valence-corrected chi connectivity index (χ2v) is 6.44. The molecule has 0 atom stereocenters. The molecule has 1 aromatic heterocycles. The van der Waals surface area contributed by atoms with Crippen molar-refractivity contribution in [1.82, 2.24) is 20.5 Å². The van der Waals surface area contributed by atoms with Crippen molar-refractivity contribution in [3.63, 3.8) is 0 Å². The Balaban J connectivity index is 2.01. The topological polar surface area (TPSA) is 115 Å². The van der Waals surface area contributed by atoms with Crippen LogP contribution in [-0.2, 0) is 16.0 Å². The van der Waals surface area contributed by atoms with E-state index in [0.29, 0.717) is 42.6 Å². The lowest BCUT2D eigenvalue weighted by Gasteiger charge is -2.11. The summed E-state index contributed by atoms with van der Waals surface area (Å²) in [6, 6.07) is 5.23. The molecule has 0 bridgehead atoms. The SMILES string of the molecule is C=CCCOc1ccc(-c2nnc(CCC(=O)NCCCOC)c(=O)[nH]2)cc1OC. The van der Waals surface area contributed by atoms with Gasteiger partial charge in [0.1, 0.15) is 5.69 Å². The smallest absolute Gasteiger partial charge is 0.273 e. The van der Waals surface area contributed by atoms with E-state index < -0.39 is 0 Å². The van der Waals surface area contributed by atoms with E-state index >= 15 is 0 Å². The molecule has 9 nitrogen and oxygen atoms in total. The maximum Gasteiger partial charge on any atom is 0.273 e. The monoisotopic (exact) mass is 416 g/mol. The van der Waals surface area contributed by atoms with Gasteiger partial charge in [-0.2, -0.15) is 0 Å². The van der Waals surface area contributed by atoms with E-state index in [9.17, 15) is 9.59 Å². The van der Waals surface area contributed by atoms with Crippen molar-refractivity contribution in [2.24, 2.45) is 0 Å². The van der Waals surface area contributed by atoms with Crippen molar-refractivity contribution in [2.45, 2.75) is 25.7 Å². The molecule has 2 rings (SSSR count). The lowest BCUT2D eigenvalue weighted by Crippen LogP contribution is -2.27. The molecular weight excluding hydrogens is 388 g/mol.